The maximum absolute atomic E-state index is 12.0. The van der Waals surface area contributed by atoms with Crippen molar-refractivity contribution in [1.29, 1.82) is 0 Å². The van der Waals surface area contributed by atoms with Crippen molar-refractivity contribution in [3.8, 4) is 5.75 Å². The van der Waals surface area contributed by atoms with Gasteiger partial charge in [0.1, 0.15) is 18.3 Å². The van der Waals surface area contributed by atoms with Gasteiger partial charge in [-0.2, -0.15) is 0 Å². The summed E-state index contributed by atoms with van der Waals surface area (Å²) >= 11 is 0. The quantitative estimate of drug-likeness (QED) is 0.866. The molecule has 0 spiro atoms. The van der Waals surface area contributed by atoms with Crippen molar-refractivity contribution < 1.29 is 14.3 Å². The van der Waals surface area contributed by atoms with Crippen LogP contribution in [0.4, 0.5) is 5.69 Å². The van der Waals surface area contributed by atoms with Crippen molar-refractivity contribution in [3.63, 3.8) is 0 Å². The van der Waals surface area contributed by atoms with Gasteiger partial charge in [0.2, 0.25) is 11.8 Å². The van der Waals surface area contributed by atoms with Gasteiger partial charge in [-0.15, -0.1) is 0 Å². The Hall–Kier alpha value is -2.04. The molecule has 1 aliphatic rings. The topological polar surface area (TPSA) is 58.6 Å². The molecular formula is C13H16N2O3. The highest BCUT2D eigenvalue weighted by molar-refractivity contribution is 6.06. The normalized spacial score (nSPS) is 19.7. The third-order valence-corrected chi connectivity index (χ3v) is 2.78. The van der Waals surface area contributed by atoms with E-state index in [0.29, 0.717) is 12.3 Å². The molecule has 5 heteroatoms. The third kappa shape index (κ3) is 2.45. The van der Waals surface area contributed by atoms with Gasteiger partial charge >= 0.3 is 0 Å². The van der Waals surface area contributed by atoms with Crippen LogP contribution in [0.5, 0.6) is 5.75 Å². The van der Waals surface area contributed by atoms with Gasteiger partial charge in [-0.05, 0) is 38.1 Å². The summed E-state index contributed by atoms with van der Waals surface area (Å²) < 4.78 is 5.33. The van der Waals surface area contributed by atoms with Crippen molar-refractivity contribution in [2.24, 2.45) is 0 Å². The Morgan fingerprint density at radius 1 is 1.33 bits per heavy atom. The second kappa shape index (κ2) is 5.08. The number of nitrogens with one attached hydrogen (secondary N) is 1. The fraction of sp³-hybridized carbons (Fsp3) is 0.385. The summed E-state index contributed by atoms with van der Waals surface area (Å²) in [5, 5.41) is 2.61. The van der Waals surface area contributed by atoms with Crippen molar-refractivity contribution >= 4 is 17.5 Å². The zero-order valence-electron chi connectivity index (χ0n) is 10.5. The highest BCUT2D eigenvalue weighted by atomic mass is 16.5. The number of hydrogen-bond acceptors (Lipinski definition) is 3. The monoisotopic (exact) mass is 248 g/mol. The van der Waals surface area contributed by atoms with Crippen LogP contribution in [0.25, 0.3) is 0 Å². The lowest BCUT2D eigenvalue weighted by Gasteiger charge is -2.30. The molecule has 1 atom stereocenters. The van der Waals surface area contributed by atoms with E-state index >= 15 is 0 Å². The van der Waals surface area contributed by atoms with Crippen LogP contribution < -0.4 is 15.0 Å². The fourth-order valence-electron chi connectivity index (χ4n) is 1.91. The number of carbonyl (C=O) groups is 2. The summed E-state index contributed by atoms with van der Waals surface area (Å²) in [5.41, 5.74) is 0.713. The van der Waals surface area contributed by atoms with E-state index in [-0.39, 0.29) is 18.4 Å². The molecule has 0 radical (unpaired) electrons. The van der Waals surface area contributed by atoms with E-state index in [1.165, 1.54) is 4.90 Å². The number of benzene rings is 1. The van der Waals surface area contributed by atoms with Gasteiger partial charge in [0, 0.05) is 5.69 Å². The summed E-state index contributed by atoms with van der Waals surface area (Å²) in [7, 11) is 0. The van der Waals surface area contributed by atoms with Crippen LogP contribution in [0.1, 0.15) is 13.8 Å². The molecule has 1 aromatic carbocycles. The first-order valence-electron chi connectivity index (χ1n) is 5.95. The Labute approximate surface area is 106 Å². The summed E-state index contributed by atoms with van der Waals surface area (Å²) in [5.74, 6) is 0.512. The third-order valence-electron chi connectivity index (χ3n) is 2.78. The van der Waals surface area contributed by atoms with E-state index < -0.39 is 6.04 Å². The number of hydrogen-bond donors (Lipinski definition) is 1. The molecule has 0 bridgehead atoms. The van der Waals surface area contributed by atoms with Crippen molar-refractivity contribution in [2.75, 3.05) is 18.1 Å². The van der Waals surface area contributed by atoms with E-state index in [1.807, 2.05) is 6.92 Å². The molecule has 1 N–H and O–H groups in total. The molecule has 1 saturated heterocycles. The molecule has 96 valence electrons. The van der Waals surface area contributed by atoms with Crippen LogP contribution in [0.3, 0.4) is 0 Å². The van der Waals surface area contributed by atoms with Gasteiger partial charge in [-0.3, -0.25) is 9.59 Å². The fourth-order valence-corrected chi connectivity index (χ4v) is 1.91. The number of anilines is 1. The standard InChI is InChI=1S/C13H16N2O3/c1-3-18-11-6-4-10(5-7-11)15-8-12(16)14-9(2)13(15)17/h4-7,9H,3,8H2,1-2H3,(H,14,16). The van der Waals surface area contributed by atoms with Gasteiger partial charge in [0.05, 0.1) is 6.61 Å². The Balaban J connectivity index is 2.19. The van der Waals surface area contributed by atoms with Crippen molar-refractivity contribution in [1.82, 2.24) is 5.32 Å². The SMILES string of the molecule is CCOc1ccc(N2CC(=O)NC(C)C2=O)cc1. The summed E-state index contributed by atoms with van der Waals surface area (Å²) in [6, 6.07) is 6.69. The molecule has 2 rings (SSSR count). The maximum Gasteiger partial charge on any atom is 0.249 e. The second-order valence-corrected chi connectivity index (χ2v) is 4.14. The van der Waals surface area contributed by atoms with Crippen LogP contribution in [-0.2, 0) is 9.59 Å². The lowest BCUT2D eigenvalue weighted by molar-refractivity contribution is -0.130. The minimum atomic E-state index is -0.474. The van der Waals surface area contributed by atoms with Crippen molar-refractivity contribution in [3.05, 3.63) is 24.3 Å². The number of nitrogens with zero attached hydrogens (tertiary/aromatic N) is 1. The van der Waals surface area contributed by atoms with Crippen LogP contribution in [0.2, 0.25) is 0 Å². The van der Waals surface area contributed by atoms with E-state index in [2.05, 4.69) is 5.32 Å². The van der Waals surface area contributed by atoms with E-state index in [4.69, 9.17) is 4.74 Å². The van der Waals surface area contributed by atoms with E-state index in [9.17, 15) is 9.59 Å². The molecule has 1 unspecified atom stereocenters. The largest absolute Gasteiger partial charge is 0.494 e. The number of rotatable bonds is 3. The van der Waals surface area contributed by atoms with Gasteiger partial charge in [-0.1, -0.05) is 0 Å². The van der Waals surface area contributed by atoms with Gasteiger partial charge in [0.15, 0.2) is 0 Å². The maximum atomic E-state index is 12.0. The summed E-state index contributed by atoms with van der Waals surface area (Å²) in [4.78, 5) is 24.9. The predicted molar refractivity (Wildman–Crippen MR) is 67.6 cm³/mol. The summed E-state index contributed by atoms with van der Waals surface area (Å²) in [6.45, 7) is 4.26. The Bertz CT molecular complexity index is 456. The molecule has 1 heterocycles. The Kier molecular flexibility index (Phi) is 3.50. The molecule has 0 aliphatic carbocycles. The number of ether oxygens (including phenoxy) is 1. The molecule has 18 heavy (non-hydrogen) atoms. The number of carbonyl (C=O) groups excluding carboxylic acids is 2. The molecule has 5 nitrogen and oxygen atoms in total. The Morgan fingerprint density at radius 2 is 2.00 bits per heavy atom. The second-order valence-electron chi connectivity index (χ2n) is 4.14. The lowest BCUT2D eigenvalue weighted by atomic mass is 10.2. The van der Waals surface area contributed by atoms with Gasteiger partial charge in [-0.25, -0.2) is 0 Å². The molecule has 1 aliphatic heterocycles. The molecule has 1 fully saturated rings. The van der Waals surface area contributed by atoms with E-state index in [1.54, 1.807) is 31.2 Å². The van der Waals surface area contributed by atoms with Gasteiger partial charge in [0.25, 0.3) is 0 Å². The first-order chi connectivity index (χ1) is 8.61. The molecule has 2 amide bonds. The van der Waals surface area contributed by atoms with Crippen LogP contribution in [-0.4, -0.2) is 31.0 Å². The van der Waals surface area contributed by atoms with Crippen LogP contribution >= 0.6 is 0 Å². The highest BCUT2D eigenvalue weighted by Gasteiger charge is 2.30. The molecule has 1 aromatic rings. The zero-order valence-corrected chi connectivity index (χ0v) is 10.5. The average Bonchev–Trinajstić information content (AvgIpc) is 2.35. The molecule has 0 saturated carbocycles. The first-order valence-corrected chi connectivity index (χ1v) is 5.95. The first kappa shape index (κ1) is 12.4. The smallest absolute Gasteiger partial charge is 0.249 e. The van der Waals surface area contributed by atoms with Crippen LogP contribution in [0.15, 0.2) is 24.3 Å². The van der Waals surface area contributed by atoms with Crippen LogP contribution in [0, 0.1) is 0 Å². The lowest BCUT2D eigenvalue weighted by Crippen LogP contribution is -2.57. The zero-order chi connectivity index (χ0) is 13.1. The van der Waals surface area contributed by atoms with E-state index in [0.717, 1.165) is 5.75 Å². The van der Waals surface area contributed by atoms with Gasteiger partial charge < -0.3 is 15.0 Å². The van der Waals surface area contributed by atoms with Crippen molar-refractivity contribution in [2.45, 2.75) is 19.9 Å². The number of amides is 2. The average molecular weight is 248 g/mol. The minimum Gasteiger partial charge on any atom is -0.494 e. The molecule has 0 aromatic heterocycles. The predicted octanol–water partition coefficient (Wildman–Crippen LogP) is 0.937. The minimum absolute atomic E-state index is 0.0666. The Morgan fingerprint density at radius 3 is 2.61 bits per heavy atom. The number of piperazine rings is 1. The highest BCUT2D eigenvalue weighted by Crippen LogP contribution is 2.21. The summed E-state index contributed by atoms with van der Waals surface area (Å²) in [6.07, 6.45) is 0. The molecular weight excluding hydrogens is 232 g/mol.